The van der Waals surface area contributed by atoms with E-state index in [4.69, 9.17) is 73.9 Å². The van der Waals surface area contributed by atoms with Gasteiger partial charge in [-0.25, -0.2) is 38.5 Å². The smallest absolute Gasteiger partial charge is 0.420 e. The number of alkyl halides is 1. The van der Waals surface area contributed by atoms with Crippen molar-refractivity contribution in [1.82, 2.24) is 10.2 Å². The number of rotatable bonds is 31. The zero-order chi connectivity index (χ0) is 95.7. The van der Waals surface area contributed by atoms with Gasteiger partial charge in [0.2, 0.25) is 0 Å². The van der Waals surface area contributed by atoms with E-state index in [0.29, 0.717) is 18.4 Å². The fourth-order valence-corrected chi connectivity index (χ4v) is 11.4. The molecule has 2 heterocycles. The fourth-order valence-electron chi connectivity index (χ4n) is 10.1. The number of aliphatic hydroxyl groups excluding tert-OH is 5. The Morgan fingerprint density at radius 2 is 0.790 bits per heavy atom. The van der Waals surface area contributed by atoms with Gasteiger partial charge in [0.1, 0.15) is 23.9 Å². The maximum atomic E-state index is 12.4. The van der Waals surface area contributed by atoms with Crippen molar-refractivity contribution in [3.8, 4) is 0 Å². The second-order valence-electron chi connectivity index (χ2n) is 26.2. The van der Waals surface area contributed by atoms with Crippen LogP contribution in [0.1, 0.15) is 123 Å². The summed E-state index contributed by atoms with van der Waals surface area (Å²) in [5, 5.41) is 91.5. The number of carbonyl (C=O) groups excluding carboxylic acids is 12. The summed E-state index contributed by atoms with van der Waals surface area (Å²) in [6.45, 7) is 17.8. The maximum Gasteiger partial charge on any atom is 0.420 e. The lowest BCUT2D eigenvalue weighted by atomic mass is 9.92. The summed E-state index contributed by atoms with van der Waals surface area (Å²) in [5.41, 5.74) is 3.81. The van der Waals surface area contributed by atoms with Gasteiger partial charge in [0.05, 0.1) is 69.1 Å². The van der Waals surface area contributed by atoms with Crippen LogP contribution in [0.4, 0.5) is 14.4 Å². The van der Waals surface area contributed by atoms with Gasteiger partial charge in [-0.05, 0) is 195 Å². The molecule has 0 radical (unpaired) electrons. The van der Waals surface area contributed by atoms with E-state index in [1.807, 2.05) is 80.3 Å². The van der Waals surface area contributed by atoms with Crippen molar-refractivity contribution in [2.45, 2.75) is 187 Å². The molecule has 11 N–H and O–H groups in total. The van der Waals surface area contributed by atoms with Gasteiger partial charge in [-0.1, -0.05) is 170 Å². The highest BCUT2D eigenvalue weighted by atomic mass is 79.9. The molecular weight excluding hydrogens is 2040 g/mol. The Morgan fingerprint density at radius 1 is 0.444 bits per heavy atom. The molecule has 36 nitrogen and oxygen atoms in total. The third-order valence-electron chi connectivity index (χ3n) is 15.9. The molecule has 2 aliphatic rings. The SMILES string of the molecule is CBr.CCOC(=O)C[C@H](O)C(=O)OCC.CCOC(=O)[C@@H](O)[C@@H](Cc1ccc(Br)cc1)C(=O)O.CCOC(=O)[C@H](Cc1ccc(Br)cc1)[C@H](O)C(C)=O.CC[C@H]1OC(=O)N(C(=O)OC(C)(C)C)[C@@H]1Cc1ccc(Br)cc1.CC[C@H]1OC(=O)N[C@@H]1Cc1ccc(Br)cc1.O=C(O)C[C@H](O)C(=O)O.O=C(O)[C@@H](O)[C@@H](Cc1ccc(Br)cc1)C(=O)O.O=C=O.O=C=O. The molecule has 7 rings (SSSR count). The third kappa shape index (κ3) is 51.0. The molecule has 124 heavy (non-hydrogen) atoms. The molecule has 2 aliphatic heterocycles. The predicted octanol–water partition coefficient (Wildman–Crippen LogP) is 10.9. The summed E-state index contributed by atoms with van der Waals surface area (Å²) in [6, 6.07) is 36.8. The van der Waals surface area contributed by atoms with Crippen LogP contribution < -0.4 is 5.32 Å². The normalized spacial score (nSPS) is 15.5. The number of carboxylic acid groups (broad SMARTS) is 5. The predicted molar refractivity (Wildman–Crippen MR) is 459 cm³/mol. The molecule has 5 aromatic carbocycles. The highest BCUT2D eigenvalue weighted by Gasteiger charge is 2.46. The van der Waals surface area contributed by atoms with Crippen LogP contribution in [-0.4, -0.2) is 239 Å². The molecule has 686 valence electrons. The van der Waals surface area contributed by atoms with Gasteiger partial charge in [0, 0.05) is 22.4 Å². The number of Topliss-reactive ketones (excluding diaryl/α,β-unsaturated/α-hetero) is 1. The Bertz CT molecular complexity index is 4150. The summed E-state index contributed by atoms with van der Waals surface area (Å²) in [4.78, 5) is 177. The second kappa shape index (κ2) is 66.0. The van der Waals surface area contributed by atoms with Gasteiger partial charge in [-0.3, -0.25) is 28.8 Å². The molecule has 3 amide bonds. The monoisotopic (exact) mass is 2130 g/mol. The fraction of sp³-hybridized carbons (Fsp3) is 0.451. The summed E-state index contributed by atoms with van der Waals surface area (Å²) >= 11 is 19.6. The molecule has 0 saturated carbocycles. The topological polar surface area (TPSA) is 572 Å². The van der Waals surface area contributed by atoms with Gasteiger partial charge in [0.15, 0.2) is 30.2 Å². The van der Waals surface area contributed by atoms with Crippen LogP contribution in [0.3, 0.4) is 0 Å². The lowest BCUT2D eigenvalue weighted by Crippen LogP contribution is -2.45. The number of halogens is 6. The number of carbonyl (C=O) groups is 13. The van der Waals surface area contributed by atoms with E-state index in [-0.39, 0.29) is 94.8 Å². The van der Waals surface area contributed by atoms with Crippen molar-refractivity contribution < 1.29 is 166 Å². The molecule has 2 saturated heterocycles. The van der Waals surface area contributed by atoms with E-state index < -0.39 is 132 Å². The summed E-state index contributed by atoms with van der Waals surface area (Å²) in [5.74, 6) is -11.9. The number of hydrogen-bond acceptors (Lipinski definition) is 29. The number of nitrogens with zero attached hydrogens (tertiary/aromatic N) is 1. The number of nitrogens with one attached hydrogen (secondary N) is 1. The molecular formula is C82H102Br6N2O34. The largest absolute Gasteiger partial charge is 0.481 e. The summed E-state index contributed by atoms with van der Waals surface area (Å²) in [7, 11) is 0. The van der Waals surface area contributed by atoms with Gasteiger partial charge in [-0.15, -0.1) is 0 Å². The van der Waals surface area contributed by atoms with Crippen LogP contribution in [0.5, 0.6) is 0 Å². The van der Waals surface area contributed by atoms with Crippen LogP contribution >= 0.6 is 95.6 Å². The number of ketones is 1. The lowest BCUT2D eigenvalue weighted by Gasteiger charge is -2.26. The number of aliphatic hydroxyl groups is 5. The zero-order valence-electron chi connectivity index (χ0n) is 69.2. The lowest BCUT2D eigenvalue weighted by molar-refractivity contribution is -0.193. The van der Waals surface area contributed by atoms with Crippen LogP contribution in [0.15, 0.2) is 144 Å². The Hall–Kier alpha value is -9.55. The van der Waals surface area contributed by atoms with Gasteiger partial charge < -0.3 is 89.5 Å². The van der Waals surface area contributed by atoms with Crippen LogP contribution in [0, 0.1) is 17.8 Å². The van der Waals surface area contributed by atoms with Crippen molar-refractivity contribution in [3.05, 3.63) is 172 Å². The molecule has 12 atom stereocenters. The first kappa shape index (κ1) is 119. The first-order chi connectivity index (χ1) is 58.2. The number of esters is 4. The molecule has 0 aliphatic carbocycles. The molecule has 2 fully saturated rings. The molecule has 42 heteroatoms. The number of alkyl carbamates (subject to hydrolysis) is 1. The van der Waals surface area contributed by atoms with E-state index in [2.05, 4.69) is 127 Å². The van der Waals surface area contributed by atoms with Crippen molar-refractivity contribution in [1.29, 1.82) is 0 Å². The Morgan fingerprint density at radius 3 is 1.11 bits per heavy atom. The molecule has 0 bridgehead atoms. The minimum absolute atomic E-state index is 0.00357. The standard InChI is InChI=1S/C17H22BrNO4.C14H17BrO4.C13H15BrO5.C12H14BrNO2.C11H11BrO5.C8H14O5.C4H6O5.CH3Br.2CO2/c1-5-14-13(10-11-6-8-12(18)9-7-11)19(15(20)22-14)16(21)23-17(2,3)4;1-3-19-14(18)12(13(17)9(2)16)8-10-4-6-11(15)7-5-10;1-2-19-13(18)11(15)10(12(16)17)7-8-3-5-9(14)6-4-8;1-2-11-10(14-12(15)16-11)7-8-3-5-9(13)6-4-8;12-7-3-1-6(2-4-7)5-8(10(14)15)9(13)11(16)17;1-3-12-7(10)5-6(9)8(11)13-4-2;5-2(4(8)9)1-3(6)7;1-2;2*2-1-3/h6-9,13-14H,5,10H2,1-4H3;4-7,12-13,17H,3,8H2,1-2H3;3-6,10-11,15H,2,7H2,1H3,(H,16,17);3-6,10-11H,2,7H2,1H3,(H,14,15);1-4,8-9,13H,5H2,(H,14,15)(H,16,17);6,9H,3-5H2,1-2H3;2,5H,1H2,(H,6,7)(H,8,9);1H3;;/t13-,14-;12-,13-;10-,11+;10-,11-;8-,9+;6-;2-;;;/m1111100.../s1. The second-order valence-corrected chi connectivity index (χ2v) is 30.8. The van der Waals surface area contributed by atoms with Crippen LogP contribution in [-0.2, 0) is 132 Å². The Labute approximate surface area is 765 Å². The highest BCUT2D eigenvalue weighted by Crippen LogP contribution is 2.29. The van der Waals surface area contributed by atoms with E-state index in [1.54, 1.807) is 97.0 Å². The van der Waals surface area contributed by atoms with Gasteiger partial charge in [-0.2, -0.15) is 19.2 Å². The minimum atomic E-state index is -1.91. The van der Waals surface area contributed by atoms with Crippen molar-refractivity contribution in [3.63, 3.8) is 0 Å². The van der Waals surface area contributed by atoms with Crippen molar-refractivity contribution in [2.24, 2.45) is 17.8 Å². The van der Waals surface area contributed by atoms with Crippen LogP contribution in [0.2, 0.25) is 0 Å². The molecule has 0 aromatic heterocycles. The average Bonchev–Trinajstić information content (AvgIpc) is 1.65. The van der Waals surface area contributed by atoms with Gasteiger partial charge >= 0.3 is 84.3 Å². The molecule has 5 aromatic rings. The average molecular weight is 2140 g/mol. The summed E-state index contributed by atoms with van der Waals surface area (Å²) in [6.07, 6.45) is -7.48. The third-order valence-corrected chi connectivity index (χ3v) is 18.5. The summed E-state index contributed by atoms with van der Waals surface area (Å²) < 4.78 is 39.1. The number of benzene rings is 5. The van der Waals surface area contributed by atoms with E-state index in [1.165, 1.54) is 12.5 Å². The van der Waals surface area contributed by atoms with Crippen molar-refractivity contribution in [2.75, 3.05) is 32.3 Å². The number of amides is 3. The number of imide groups is 1. The van der Waals surface area contributed by atoms with E-state index >= 15 is 0 Å². The first-order valence-electron chi connectivity index (χ1n) is 37.2. The first-order valence-corrected chi connectivity index (χ1v) is 42.7. The number of ether oxygens (including phenoxy) is 7. The van der Waals surface area contributed by atoms with Gasteiger partial charge in [0.25, 0.3) is 0 Å². The van der Waals surface area contributed by atoms with E-state index in [0.717, 1.165) is 56.8 Å². The number of hydrogen-bond donors (Lipinski definition) is 11. The minimum Gasteiger partial charge on any atom is -0.481 e. The number of aliphatic carboxylic acids is 5. The number of carboxylic acids is 5. The molecule has 0 spiro atoms. The maximum absolute atomic E-state index is 12.4. The quantitative estimate of drug-likeness (QED) is 0.0112. The number of cyclic esters (lactones) is 2. The molecule has 0 unspecified atom stereocenters. The Balaban J connectivity index is -0.00000137. The Kier molecular flexibility index (Phi) is 63.1. The van der Waals surface area contributed by atoms with Crippen molar-refractivity contribution >= 4 is 186 Å². The van der Waals surface area contributed by atoms with Crippen LogP contribution in [0.25, 0.3) is 0 Å². The van der Waals surface area contributed by atoms with E-state index in [9.17, 15) is 77.6 Å². The zero-order valence-corrected chi connectivity index (χ0v) is 78.7. The highest BCUT2D eigenvalue weighted by molar-refractivity contribution is 9.11.